The molecule has 1 atom stereocenters. The monoisotopic (exact) mass is 344 g/mol. The van der Waals surface area contributed by atoms with Crippen molar-refractivity contribution < 1.29 is 14.3 Å². The molecule has 24 heavy (non-hydrogen) atoms. The predicted molar refractivity (Wildman–Crippen MR) is 88.9 cm³/mol. The Morgan fingerprint density at radius 2 is 1.88 bits per heavy atom. The van der Waals surface area contributed by atoms with Gasteiger partial charge < -0.3 is 10.1 Å². The number of nitrogens with one attached hydrogen (secondary N) is 1. The molecule has 1 unspecified atom stereocenters. The summed E-state index contributed by atoms with van der Waals surface area (Å²) in [5, 5.41) is 12.8. The summed E-state index contributed by atoms with van der Waals surface area (Å²) in [7, 11) is 0. The number of benzene rings is 1. The van der Waals surface area contributed by atoms with E-state index in [4.69, 9.17) is 16.3 Å². The van der Waals surface area contributed by atoms with E-state index in [0.717, 1.165) is 25.7 Å². The van der Waals surface area contributed by atoms with E-state index in [-0.39, 0.29) is 17.5 Å². The molecule has 1 aliphatic carbocycles. The first kappa shape index (κ1) is 16.5. The number of nitrogens with zero attached hydrogens (tertiary/aromatic N) is 1. The van der Waals surface area contributed by atoms with E-state index in [1.165, 1.54) is 6.42 Å². The van der Waals surface area contributed by atoms with Crippen LogP contribution < -0.4 is 5.32 Å². The van der Waals surface area contributed by atoms with Crippen LogP contribution in [0.2, 0.25) is 5.02 Å². The van der Waals surface area contributed by atoms with Crippen LogP contribution in [-0.2, 0) is 14.3 Å². The van der Waals surface area contributed by atoms with E-state index in [0.29, 0.717) is 16.2 Å². The number of hydrogen-bond acceptors (Lipinski definition) is 4. The van der Waals surface area contributed by atoms with Gasteiger partial charge in [0.25, 0.3) is 5.91 Å². The minimum absolute atomic E-state index is 0.0996. The SMILES string of the molecule is N#CC1=C(c2ccc(Cl)cc2)C(C(=O)NC2CCCCC2)OC1=O. The molecule has 0 radical (unpaired) electrons. The molecule has 1 N–H and O–H groups in total. The van der Waals surface area contributed by atoms with Crippen LogP contribution in [0.1, 0.15) is 37.7 Å². The van der Waals surface area contributed by atoms with Crippen molar-refractivity contribution in [2.24, 2.45) is 0 Å². The lowest BCUT2D eigenvalue weighted by atomic mass is 9.94. The van der Waals surface area contributed by atoms with Gasteiger partial charge in [0.2, 0.25) is 6.10 Å². The summed E-state index contributed by atoms with van der Waals surface area (Å²) in [5.74, 6) is -1.13. The van der Waals surface area contributed by atoms with Crippen LogP contribution in [0.15, 0.2) is 29.8 Å². The Morgan fingerprint density at radius 1 is 1.21 bits per heavy atom. The summed E-state index contributed by atoms with van der Waals surface area (Å²) < 4.78 is 5.18. The Hall–Kier alpha value is -2.32. The Labute approximate surface area is 145 Å². The van der Waals surface area contributed by atoms with Gasteiger partial charge in [0.05, 0.1) is 0 Å². The van der Waals surface area contributed by atoms with Gasteiger partial charge >= 0.3 is 5.97 Å². The number of carbonyl (C=O) groups excluding carboxylic acids is 2. The summed E-state index contributed by atoms with van der Waals surface area (Å²) in [6, 6.07) is 8.62. The second-order valence-electron chi connectivity index (χ2n) is 6.04. The van der Waals surface area contributed by atoms with E-state index in [2.05, 4.69) is 5.32 Å². The molecule has 1 fully saturated rings. The van der Waals surface area contributed by atoms with Crippen LogP contribution in [0, 0.1) is 11.3 Å². The second-order valence-corrected chi connectivity index (χ2v) is 6.47. The first-order valence-corrected chi connectivity index (χ1v) is 8.39. The third-order valence-corrected chi connectivity index (χ3v) is 4.67. The molecule has 1 amide bonds. The zero-order chi connectivity index (χ0) is 17.1. The summed E-state index contributed by atoms with van der Waals surface area (Å²) in [6.45, 7) is 0. The molecule has 3 rings (SSSR count). The van der Waals surface area contributed by atoms with E-state index < -0.39 is 12.1 Å². The number of amides is 1. The van der Waals surface area contributed by atoms with Crippen molar-refractivity contribution in [3.05, 3.63) is 40.4 Å². The third kappa shape index (κ3) is 3.29. The fourth-order valence-electron chi connectivity index (χ4n) is 3.21. The maximum Gasteiger partial charge on any atom is 0.350 e. The first-order valence-electron chi connectivity index (χ1n) is 8.01. The van der Waals surface area contributed by atoms with Crippen LogP contribution in [0.5, 0.6) is 0 Å². The molecule has 5 nitrogen and oxygen atoms in total. The van der Waals surface area contributed by atoms with Gasteiger partial charge in [-0.05, 0) is 30.5 Å². The number of ether oxygens (including phenoxy) is 1. The standard InChI is InChI=1S/C18H17ClN2O3/c19-12-8-6-11(7-9-12)15-14(10-20)18(23)24-16(15)17(22)21-13-4-2-1-3-5-13/h6-9,13,16H,1-5H2,(H,21,22). The van der Waals surface area contributed by atoms with Crippen molar-refractivity contribution in [3.63, 3.8) is 0 Å². The molecule has 1 saturated carbocycles. The second kappa shape index (κ2) is 7.06. The van der Waals surface area contributed by atoms with Crippen molar-refractivity contribution in [2.45, 2.75) is 44.2 Å². The lowest BCUT2D eigenvalue weighted by Crippen LogP contribution is -2.43. The molecule has 124 valence electrons. The van der Waals surface area contributed by atoms with Gasteiger partial charge in [-0.2, -0.15) is 5.26 Å². The van der Waals surface area contributed by atoms with Gasteiger partial charge in [0, 0.05) is 16.6 Å². The van der Waals surface area contributed by atoms with Gasteiger partial charge in [0.15, 0.2) is 0 Å². The number of esters is 1. The first-order chi connectivity index (χ1) is 11.6. The van der Waals surface area contributed by atoms with E-state index in [1.54, 1.807) is 24.3 Å². The van der Waals surface area contributed by atoms with E-state index in [1.807, 2.05) is 6.07 Å². The summed E-state index contributed by atoms with van der Waals surface area (Å²) in [5.41, 5.74) is 0.777. The molecule has 1 aromatic rings. The van der Waals surface area contributed by atoms with Crippen molar-refractivity contribution >= 4 is 29.1 Å². The lowest BCUT2D eigenvalue weighted by molar-refractivity contribution is -0.146. The molecule has 6 heteroatoms. The fraction of sp³-hybridized carbons (Fsp3) is 0.389. The molecule has 2 aliphatic rings. The highest BCUT2D eigenvalue weighted by Crippen LogP contribution is 2.32. The molecule has 0 aromatic heterocycles. The summed E-state index contributed by atoms with van der Waals surface area (Å²) in [4.78, 5) is 24.6. The average Bonchev–Trinajstić information content (AvgIpc) is 2.93. The Morgan fingerprint density at radius 3 is 2.50 bits per heavy atom. The molecule has 0 saturated heterocycles. The number of cyclic esters (lactones) is 1. The number of nitriles is 1. The minimum Gasteiger partial charge on any atom is -0.443 e. The molecule has 1 aromatic carbocycles. The fourth-order valence-corrected chi connectivity index (χ4v) is 3.33. The van der Waals surface area contributed by atoms with Crippen LogP contribution >= 0.6 is 11.6 Å². The van der Waals surface area contributed by atoms with Crippen molar-refractivity contribution in [2.75, 3.05) is 0 Å². The highest BCUT2D eigenvalue weighted by Gasteiger charge is 2.40. The lowest BCUT2D eigenvalue weighted by Gasteiger charge is -2.24. The van der Waals surface area contributed by atoms with Crippen LogP contribution in [0.25, 0.3) is 5.57 Å². The molecule has 0 bridgehead atoms. The molecular weight excluding hydrogens is 328 g/mol. The van der Waals surface area contributed by atoms with Crippen LogP contribution in [-0.4, -0.2) is 24.0 Å². The zero-order valence-corrected chi connectivity index (χ0v) is 13.8. The Bertz CT molecular complexity index is 728. The number of carbonyl (C=O) groups is 2. The molecule has 1 aliphatic heterocycles. The van der Waals surface area contributed by atoms with Crippen molar-refractivity contribution in [1.29, 1.82) is 5.26 Å². The maximum atomic E-state index is 12.6. The van der Waals surface area contributed by atoms with Gasteiger partial charge in [-0.1, -0.05) is 43.0 Å². The van der Waals surface area contributed by atoms with Gasteiger partial charge in [-0.3, -0.25) is 4.79 Å². The smallest absolute Gasteiger partial charge is 0.350 e. The normalized spacial score (nSPS) is 21.3. The highest BCUT2D eigenvalue weighted by atomic mass is 35.5. The van der Waals surface area contributed by atoms with Gasteiger partial charge in [0.1, 0.15) is 11.6 Å². The number of halogens is 1. The van der Waals surface area contributed by atoms with Crippen LogP contribution in [0.3, 0.4) is 0 Å². The van der Waals surface area contributed by atoms with E-state index >= 15 is 0 Å². The summed E-state index contributed by atoms with van der Waals surface area (Å²) >= 11 is 5.89. The van der Waals surface area contributed by atoms with Crippen molar-refractivity contribution in [3.8, 4) is 6.07 Å². The largest absolute Gasteiger partial charge is 0.443 e. The Balaban J connectivity index is 1.87. The molecule has 0 spiro atoms. The van der Waals surface area contributed by atoms with Crippen LogP contribution in [0.4, 0.5) is 0 Å². The highest BCUT2D eigenvalue weighted by molar-refractivity contribution is 6.30. The quantitative estimate of drug-likeness (QED) is 0.855. The third-order valence-electron chi connectivity index (χ3n) is 4.42. The molecular formula is C18H17ClN2O3. The van der Waals surface area contributed by atoms with Gasteiger partial charge in [-0.25, -0.2) is 4.79 Å². The minimum atomic E-state index is -1.09. The average molecular weight is 345 g/mol. The summed E-state index contributed by atoms with van der Waals surface area (Å²) in [6.07, 6.45) is 4.11. The predicted octanol–water partition coefficient (Wildman–Crippen LogP) is 2.99. The van der Waals surface area contributed by atoms with E-state index in [9.17, 15) is 14.9 Å². The maximum absolute atomic E-state index is 12.6. The van der Waals surface area contributed by atoms with Gasteiger partial charge in [-0.15, -0.1) is 0 Å². The topological polar surface area (TPSA) is 79.2 Å². The Kier molecular flexibility index (Phi) is 4.86. The molecule has 1 heterocycles. The number of hydrogen-bond donors (Lipinski definition) is 1. The van der Waals surface area contributed by atoms with Crippen molar-refractivity contribution in [1.82, 2.24) is 5.32 Å². The zero-order valence-electron chi connectivity index (χ0n) is 13.0. The number of rotatable bonds is 3.